The van der Waals surface area contributed by atoms with Crippen molar-refractivity contribution in [3.63, 3.8) is 0 Å². The lowest BCUT2D eigenvalue weighted by Gasteiger charge is -2.05. The summed E-state index contributed by atoms with van der Waals surface area (Å²) in [7, 11) is 0.867. The summed E-state index contributed by atoms with van der Waals surface area (Å²) < 4.78 is 46.4. The van der Waals surface area contributed by atoms with Crippen molar-refractivity contribution in [3.05, 3.63) is 23.4 Å². The predicted octanol–water partition coefficient (Wildman–Crippen LogP) is 2.69. The summed E-state index contributed by atoms with van der Waals surface area (Å²) in [5.74, 6) is -0.169. The van der Waals surface area contributed by atoms with E-state index in [-0.39, 0.29) is 11.4 Å². The van der Waals surface area contributed by atoms with Crippen molar-refractivity contribution in [1.82, 2.24) is 4.98 Å². The van der Waals surface area contributed by atoms with Crippen molar-refractivity contribution >= 4 is 31.3 Å². The molecule has 0 saturated carbocycles. The van der Waals surface area contributed by atoms with Crippen molar-refractivity contribution < 1.29 is 17.2 Å². The number of rotatable bonds is 3. The minimum Gasteiger partial charge on any atom is -0.234 e. The van der Waals surface area contributed by atoms with Crippen molar-refractivity contribution in [1.29, 1.82) is 0 Å². The zero-order valence-corrected chi connectivity index (χ0v) is 9.45. The van der Waals surface area contributed by atoms with Gasteiger partial charge in [-0.2, -0.15) is 0 Å². The van der Waals surface area contributed by atoms with Gasteiger partial charge in [0.05, 0.1) is 5.88 Å². The van der Waals surface area contributed by atoms with Crippen LogP contribution in [0.2, 0.25) is 0 Å². The molecule has 0 amide bonds. The zero-order chi connectivity index (χ0) is 11.6. The maximum atomic E-state index is 12.2. The third-order valence-electron chi connectivity index (χ3n) is 1.56. The molecule has 1 rings (SSSR count). The number of hydrogen-bond acceptors (Lipinski definition) is 3. The van der Waals surface area contributed by atoms with Gasteiger partial charge in [0.1, 0.15) is 5.69 Å². The zero-order valence-electron chi connectivity index (χ0n) is 7.12. The Balaban J connectivity index is 3.39. The molecule has 15 heavy (non-hydrogen) atoms. The molecule has 0 saturated heterocycles. The van der Waals surface area contributed by atoms with Crippen LogP contribution in [0.15, 0.2) is 17.2 Å². The molecule has 0 radical (unpaired) electrons. The van der Waals surface area contributed by atoms with Crippen molar-refractivity contribution in [2.75, 3.05) is 0 Å². The third kappa shape index (κ3) is 2.99. The van der Waals surface area contributed by atoms with Crippen molar-refractivity contribution in [2.45, 2.75) is 17.3 Å². The van der Waals surface area contributed by atoms with E-state index in [1.165, 1.54) is 0 Å². The first kappa shape index (κ1) is 12.6. The first-order valence-electron chi connectivity index (χ1n) is 3.65. The molecule has 3 nitrogen and oxygen atoms in total. The van der Waals surface area contributed by atoms with Crippen LogP contribution >= 0.6 is 22.3 Å². The molecule has 0 atom stereocenters. The molecule has 0 spiro atoms. The molecular formula is C7H5Cl2F2NO2S. The predicted molar refractivity (Wildman–Crippen MR) is 51.8 cm³/mol. The van der Waals surface area contributed by atoms with Gasteiger partial charge in [0.15, 0.2) is 5.03 Å². The van der Waals surface area contributed by atoms with Crippen molar-refractivity contribution in [2.24, 2.45) is 0 Å². The third-order valence-corrected chi connectivity index (χ3v) is 3.10. The monoisotopic (exact) mass is 275 g/mol. The highest BCUT2D eigenvalue weighted by atomic mass is 35.7. The van der Waals surface area contributed by atoms with Crippen LogP contribution in [0, 0.1) is 0 Å². The highest BCUT2D eigenvalue weighted by Gasteiger charge is 2.20. The molecule has 0 unspecified atom stereocenters. The molecule has 0 aromatic carbocycles. The Morgan fingerprint density at radius 3 is 2.40 bits per heavy atom. The van der Waals surface area contributed by atoms with Crippen LogP contribution < -0.4 is 0 Å². The maximum Gasteiger partial charge on any atom is 0.280 e. The first-order valence-corrected chi connectivity index (χ1v) is 6.49. The van der Waals surface area contributed by atoms with Gasteiger partial charge in [-0.1, -0.05) is 6.07 Å². The summed E-state index contributed by atoms with van der Waals surface area (Å²) in [6.45, 7) is 0. The molecule has 84 valence electrons. The molecular weight excluding hydrogens is 271 g/mol. The van der Waals surface area contributed by atoms with Crippen LogP contribution in [0.5, 0.6) is 0 Å². The number of pyridine rings is 1. The molecule has 1 aromatic heterocycles. The average Bonchev–Trinajstić information content (AvgIpc) is 2.15. The topological polar surface area (TPSA) is 47.0 Å². The molecule has 1 heterocycles. The SMILES string of the molecule is O=S(=O)(Cl)c1nc(C(F)F)ccc1CCl. The average molecular weight is 276 g/mol. The van der Waals surface area contributed by atoms with E-state index in [0.29, 0.717) is 0 Å². The Labute approximate surface area is 94.4 Å². The van der Waals surface area contributed by atoms with Gasteiger partial charge in [0.25, 0.3) is 15.5 Å². The van der Waals surface area contributed by atoms with Gasteiger partial charge in [-0.3, -0.25) is 0 Å². The van der Waals surface area contributed by atoms with E-state index in [0.717, 1.165) is 12.1 Å². The van der Waals surface area contributed by atoms with Crippen LogP contribution in [0.25, 0.3) is 0 Å². The minimum absolute atomic E-state index is 0.0936. The van der Waals surface area contributed by atoms with Crippen molar-refractivity contribution in [3.8, 4) is 0 Å². The fraction of sp³-hybridized carbons (Fsp3) is 0.286. The summed E-state index contributed by atoms with van der Waals surface area (Å²) in [5, 5.41) is -0.614. The van der Waals surface area contributed by atoms with Gasteiger partial charge in [-0.25, -0.2) is 22.2 Å². The summed E-state index contributed by atoms with van der Waals surface area (Å²) in [6, 6.07) is 2.17. The normalized spacial score (nSPS) is 12.1. The van der Waals surface area contributed by atoms with E-state index >= 15 is 0 Å². The number of halogens is 4. The van der Waals surface area contributed by atoms with Gasteiger partial charge in [0.2, 0.25) is 0 Å². The Morgan fingerprint density at radius 2 is 2.00 bits per heavy atom. The van der Waals surface area contributed by atoms with E-state index in [1.807, 2.05) is 0 Å². The lowest BCUT2D eigenvalue weighted by molar-refractivity contribution is 0.145. The van der Waals surface area contributed by atoms with Gasteiger partial charge in [-0.15, -0.1) is 11.6 Å². The Hall–Kier alpha value is -0.460. The Kier molecular flexibility index (Phi) is 3.86. The molecule has 8 heteroatoms. The molecule has 0 aliphatic heterocycles. The van der Waals surface area contributed by atoms with Crippen LogP contribution in [0.4, 0.5) is 8.78 Å². The molecule has 0 aliphatic carbocycles. The quantitative estimate of drug-likeness (QED) is 0.630. The lowest BCUT2D eigenvalue weighted by Crippen LogP contribution is -2.03. The van der Waals surface area contributed by atoms with Crippen LogP contribution in [0.1, 0.15) is 17.7 Å². The largest absolute Gasteiger partial charge is 0.280 e. The number of nitrogens with zero attached hydrogens (tertiary/aromatic N) is 1. The highest BCUT2D eigenvalue weighted by Crippen LogP contribution is 2.24. The highest BCUT2D eigenvalue weighted by molar-refractivity contribution is 8.13. The number of hydrogen-bond donors (Lipinski definition) is 0. The van der Waals surface area contributed by atoms with E-state index in [4.69, 9.17) is 22.3 Å². The fourth-order valence-electron chi connectivity index (χ4n) is 0.918. The molecule has 1 aromatic rings. The molecule has 0 N–H and O–H groups in total. The second-order valence-corrected chi connectivity index (χ2v) is 5.32. The van der Waals surface area contributed by atoms with E-state index in [2.05, 4.69) is 4.98 Å². The van der Waals surface area contributed by atoms with Crippen LogP contribution in [0.3, 0.4) is 0 Å². The van der Waals surface area contributed by atoms with Crippen LogP contribution in [-0.4, -0.2) is 13.4 Å². The first-order chi connectivity index (χ1) is 6.86. The maximum absolute atomic E-state index is 12.2. The van der Waals surface area contributed by atoms with E-state index in [1.54, 1.807) is 0 Å². The smallest absolute Gasteiger partial charge is 0.234 e. The number of alkyl halides is 3. The van der Waals surface area contributed by atoms with Gasteiger partial charge in [0, 0.05) is 16.2 Å². The lowest BCUT2D eigenvalue weighted by atomic mass is 10.3. The Morgan fingerprint density at radius 1 is 1.40 bits per heavy atom. The summed E-state index contributed by atoms with van der Waals surface area (Å²) in [6.07, 6.45) is -2.86. The Bertz CT molecular complexity index is 464. The summed E-state index contributed by atoms with van der Waals surface area (Å²) in [5.41, 5.74) is -0.556. The van der Waals surface area contributed by atoms with Crippen LogP contribution in [-0.2, 0) is 14.9 Å². The van der Waals surface area contributed by atoms with E-state index in [9.17, 15) is 17.2 Å². The number of aromatic nitrogens is 1. The van der Waals surface area contributed by atoms with Gasteiger partial charge >= 0.3 is 0 Å². The van der Waals surface area contributed by atoms with E-state index < -0.39 is 26.2 Å². The fourth-order valence-corrected chi connectivity index (χ4v) is 2.28. The second kappa shape index (κ2) is 4.59. The van der Waals surface area contributed by atoms with Gasteiger partial charge < -0.3 is 0 Å². The van der Waals surface area contributed by atoms with Gasteiger partial charge in [-0.05, 0) is 6.07 Å². The molecule has 0 bridgehead atoms. The summed E-state index contributed by atoms with van der Waals surface area (Å²) in [4.78, 5) is 3.26. The second-order valence-electron chi connectivity index (χ2n) is 2.57. The molecule has 0 aliphatic rings. The minimum atomic E-state index is -4.16. The summed E-state index contributed by atoms with van der Waals surface area (Å²) >= 11 is 5.42. The standard InChI is InChI=1S/C7H5Cl2F2NO2S/c8-3-4-1-2-5(6(10)11)12-7(4)15(9,13)14/h1-2,6H,3H2. The molecule has 0 fully saturated rings.